The van der Waals surface area contributed by atoms with Crippen LogP contribution in [0.5, 0.6) is 0 Å². The highest BCUT2D eigenvalue weighted by Crippen LogP contribution is 2.36. The Morgan fingerprint density at radius 3 is 2.52 bits per heavy atom. The molecular weight excluding hydrogens is 403 g/mol. The minimum atomic E-state index is -4.37. The van der Waals surface area contributed by atoms with Crippen molar-refractivity contribution in [3.8, 4) is 0 Å². The van der Waals surface area contributed by atoms with Crippen LogP contribution < -0.4 is 5.32 Å². The number of hydrogen-bond acceptors (Lipinski definition) is 4. The van der Waals surface area contributed by atoms with Crippen LogP contribution in [0, 0.1) is 12.8 Å². The molecule has 2 heterocycles. The maximum atomic E-state index is 12.7. The highest BCUT2D eigenvalue weighted by atomic mass is 32.2. The Balaban J connectivity index is 1.61. The van der Waals surface area contributed by atoms with Crippen LogP contribution in [0.3, 0.4) is 0 Å². The van der Waals surface area contributed by atoms with E-state index in [0.717, 1.165) is 5.56 Å². The van der Waals surface area contributed by atoms with E-state index in [2.05, 4.69) is 10.3 Å². The third kappa shape index (κ3) is 5.96. The van der Waals surface area contributed by atoms with E-state index in [9.17, 15) is 22.8 Å². The molecule has 0 bridgehead atoms. The Morgan fingerprint density at radius 2 is 1.90 bits per heavy atom. The zero-order valence-electron chi connectivity index (χ0n) is 15.7. The number of carbonyl (C=O) groups is 2. The number of aromatic nitrogens is 1. The van der Waals surface area contributed by atoms with Gasteiger partial charge in [-0.3, -0.25) is 9.59 Å². The molecule has 1 saturated heterocycles. The number of amides is 2. The van der Waals surface area contributed by atoms with Crippen molar-refractivity contribution in [3.05, 3.63) is 53.7 Å². The lowest BCUT2D eigenvalue weighted by Gasteiger charge is -2.32. The lowest BCUT2D eigenvalue weighted by atomic mass is 9.96. The number of rotatable bonds is 4. The number of benzene rings is 1. The van der Waals surface area contributed by atoms with Crippen LogP contribution in [-0.4, -0.2) is 40.3 Å². The van der Waals surface area contributed by atoms with Crippen molar-refractivity contribution in [2.45, 2.75) is 30.2 Å². The summed E-state index contributed by atoms with van der Waals surface area (Å²) in [7, 11) is 0. The molecule has 1 fully saturated rings. The number of halogens is 3. The Morgan fingerprint density at radius 1 is 1.17 bits per heavy atom. The summed E-state index contributed by atoms with van der Waals surface area (Å²) in [6.07, 6.45) is 2.99. The first kappa shape index (κ1) is 21.2. The van der Waals surface area contributed by atoms with Gasteiger partial charge in [0.05, 0.1) is 5.92 Å². The van der Waals surface area contributed by atoms with Crippen molar-refractivity contribution in [2.75, 3.05) is 18.4 Å². The van der Waals surface area contributed by atoms with Crippen molar-refractivity contribution in [1.82, 2.24) is 9.88 Å². The van der Waals surface area contributed by atoms with E-state index in [-0.39, 0.29) is 40.9 Å². The van der Waals surface area contributed by atoms with Crippen LogP contribution in [0.1, 0.15) is 28.8 Å². The summed E-state index contributed by atoms with van der Waals surface area (Å²) in [5.41, 5.74) is -3.08. The molecule has 154 valence electrons. The molecule has 3 rings (SSSR count). The molecule has 0 aliphatic carbocycles. The predicted molar refractivity (Wildman–Crippen MR) is 105 cm³/mol. The van der Waals surface area contributed by atoms with E-state index in [1.165, 1.54) is 24.3 Å². The van der Waals surface area contributed by atoms with E-state index < -0.39 is 5.51 Å². The van der Waals surface area contributed by atoms with Gasteiger partial charge in [0.2, 0.25) is 5.91 Å². The van der Waals surface area contributed by atoms with Crippen molar-refractivity contribution >= 4 is 29.4 Å². The third-order valence-electron chi connectivity index (χ3n) is 4.58. The minimum absolute atomic E-state index is 0.0237. The molecule has 5 nitrogen and oxygen atoms in total. The lowest BCUT2D eigenvalue weighted by molar-refractivity contribution is -0.121. The van der Waals surface area contributed by atoms with E-state index in [1.807, 2.05) is 13.0 Å². The van der Waals surface area contributed by atoms with E-state index in [4.69, 9.17) is 0 Å². The van der Waals surface area contributed by atoms with E-state index in [1.54, 1.807) is 17.2 Å². The molecule has 1 aliphatic rings. The fourth-order valence-electron chi connectivity index (χ4n) is 3.13. The highest BCUT2D eigenvalue weighted by molar-refractivity contribution is 8.00. The first-order valence-electron chi connectivity index (χ1n) is 9.10. The van der Waals surface area contributed by atoms with E-state index >= 15 is 0 Å². The van der Waals surface area contributed by atoms with Gasteiger partial charge in [-0.2, -0.15) is 13.2 Å². The molecule has 0 spiro atoms. The number of carbonyl (C=O) groups excluding carboxylic acids is 2. The SMILES string of the molecule is Cc1ccc(NC(=O)C2CCCN(C(=O)c3ccc(SC(F)(F)F)cc3)C2)nc1. The molecule has 1 aromatic heterocycles. The van der Waals surface area contributed by atoms with Gasteiger partial charge in [-0.15, -0.1) is 0 Å². The summed E-state index contributed by atoms with van der Waals surface area (Å²) >= 11 is -0.221. The van der Waals surface area contributed by atoms with Gasteiger partial charge in [-0.1, -0.05) is 6.07 Å². The fourth-order valence-corrected chi connectivity index (χ4v) is 3.67. The standard InChI is InChI=1S/C20H20F3N3O2S/c1-13-4-9-17(24-11-13)25-18(27)15-3-2-10-26(12-15)19(28)14-5-7-16(8-6-14)29-20(21,22)23/h4-9,11,15H,2-3,10,12H2,1H3,(H,24,25,27). The number of hydrogen-bond donors (Lipinski definition) is 1. The number of anilines is 1. The van der Waals surface area contributed by atoms with Crippen molar-refractivity contribution < 1.29 is 22.8 Å². The van der Waals surface area contributed by atoms with Crippen molar-refractivity contribution in [3.63, 3.8) is 0 Å². The Bertz CT molecular complexity index is 870. The van der Waals surface area contributed by atoms with Gasteiger partial charge >= 0.3 is 5.51 Å². The van der Waals surface area contributed by atoms with Crippen LogP contribution in [0.25, 0.3) is 0 Å². The molecule has 9 heteroatoms. The summed E-state index contributed by atoms with van der Waals surface area (Å²) in [6.45, 7) is 2.66. The second kappa shape index (κ2) is 8.86. The van der Waals surface area contributed by atoms with Crippen LogP contribution in [0.15, 0.2) is 47.5 Å². The molecule has 1 N–H and O–H groups in total. The van der Waals surface area contributed by atoms with Crippen LogP contribution >= 0.6 is 11.8 Å². The molecule has 1 aromatic carbocycles. The maximum Gasteiger partial charge on any atom is 0.446 e. The van der Waals surface area contributed by atoms with Crippen LogP contribution in [0.2, 0.25) is 0 Å². The molecule has 0 radical (unpaired) electrons. The number of pyridine rings is 1. The summed E-state index contributed by atoms with van der Waals surface area (Å²) in [4.78, 5) is 31.0. The fraction of sp³-hybridized carbons (Fsp3) is 0.350. The number of likely N-dealkylation sites (tertiary alicyclic amines) is 1. The van der Waals surface area contributed by atoms with Gasteiger partial charge in [0.25, 0.3) is 5.91 Å². The van der Waals surface area contributed by atoms with Crippen molar-refractivity contribution in [2.24, 2.45) is 5.92 Å². The maximum absolute atomic E-state index is 12.7. The smallest absolute Gasteiger partial charge is 0.338 e. The minimum Gasteiger partial charge on any atom is -0.338 e. The summed E-state index contributed by atoms with van der Waals surface area (Å²) in [6, 6.07) is 8.90. The average molecular weight is 423 g/mol. The number of nitrogens with zero attached hydrogens (tertiary/aromatic N) is 2. The quantitative estimate of drug-likeness (QED) is 0.736. The molecule has 1 atom stereocenters. The first-order valence-corrected chi connectivity index (χ1v) is 9.91. The molecular formula is C20H20F3N3O2S. The average Bonchev–Trinajstić information content (AvgIpc) is 2.68. The number of aryl methyl sites for hydroxylation is 1. The van der Waals surface area contributed by atoms with Crippen LogP contribution in [-0.2, 0) is 4.79 Å². The summed E-state index contributed by atoms with van der Waals surface area (Å²) in [5, 5.41) is 2.77. The van der Waals surface area contributed by atoms with Gasteiger partial charge in [0.1, 0.15) is 5.82 Å². The van der Waals surface area contributed by atoms with Crippen LogP contribution in [0.4, 0.5) is 19.0 Å². The second-order valence-corrected chi connectivity index (χ2v) is 8.01. The Hall–Kier alpha value is -2.55. The molecule has 1 aliphatic heterocycles. The molecule has 29 heavy (non-hydrogen) atoms. The first-order chi connectivity index (χ1) is 13.7. The largest absolute Gasteiger partial charge is 0.446 e. The number of thioether (sulfide) groups is 1. The zero-order chi connectivity index (χ0) is 21.0. The Kier molecular flexibility index (Phi) is 6.46. The summed E-state index contributed by atoms with van der Waals surface area (Å²) in [5.74, 6) is -0.395. The number of alkyl halides is 3. The molecule has 2 amide bonds. The van der Waals surface area contributed by atoms with Gasteiger partial charge < -0.3 is 10.2 Å². The Labute approximate surface area is 170 Å². The number of nitrogens with one attached hydrogen (secondary N) is 1. The molecule has 0 saturated carbocycles. The zero-order valence-corrected chi connectivity index (χ0v) is 16.5. The third-order valence-corrected chi connectivity index (χ3v) is 5.32. The van der Waals surface area contributed by atoms with Gasteiger partial charge in [0, 0.05) is 29.7 Å². The topological polar surface area (TPSA) is 62.3 Å². The summed E-state index contributed by atoms with van der Waals surface area (Å²) < 4.78 is 37.3. The highest BCUT2D eigenvalue weighted by Gasteiger charge is 2.31. The monoisotopic (exact) mass is 423 g/mol. The lowest BCUT2D eigenvalue weighted by Crippen LogP contribution is -2.43. The molecule has 2 aromatic rings. The van der Waals surface area contributed by atoms with Gasteiger partial charge in [-0.05, 0) is 67.4 Å². The van der Waals surface area contributed by atoms with Gasteiger partial charge in [0.15, 0.2) is 0 Å². The second-order valence-electron chi connectivity index (χ2n) is 6.87. The predicted octanol–water partition coefficient (Wildman–Crippen LogP) is 4.49. The van der Waals surface area contributed by atoms with Gasteiger partial charge in [-0.25, -0.2) is 4.98 Å². The normalized spacial score (nSPS) is 17.1. The van der Waals surface area contributed by atoms with E-state index in [0.29, 0.717) is 30.8 Å². The van der Waals surface area contributed by atoms with Crippen molar-refractivity contribution in [1.29, 1.82) is 0 Å². The molecule has 1 unspecified atom stereocenters. The number of piperidine rings is 1.